The van der Waals surface area contributed by atoms with E-state index in [2.05, 4.69) is 20.3 Å². The summed E-state index contributed by atoms with van der Waals surface area (Å²) in [6.45, 7) is 0.180. The van der Waals surface area contributed by atoms with Gasteiger partial charge in [-0.15, -0.1) is 0 Å². The van der Waals surface area contributed by atoms with Gasteiger partial charge in [0.25, 0.3) is 5.56 Å². The van der Waals surface area contributed by atoms with Gasteiger partial charge in [-0.2, -0.15) is 18.4 Å². The molecule has 0 bridgehead atoms. The highest BCUT2D eigenvalue weighted by molar-refractivity contribution is 5.93. The van der Waals surface area contributed by atoms with Crippen LogP contribution in [0.4, 0.5) is 18.9 Å². The van der Waals surface area contributed by atoms with Crippen LogP contribution in [-0.4, -0.2) is 19.5 Å². The van der Waals surface area contributed by atoms with E-state index in [1.807, 2.05) is 6.07 Å². The molecule has 0 unspecified atom stereocenters. The van der Waals surface area contributed by atoms with Gasteiger partial charge in [-0.05, 0) is 24.3 Å². The Kier molecular flexibility index (Phi) is 4.71. The van der Waals surface area contributed by atoms with Crippen LogP contribution < -0.4 is 10.9 Å². The highest BCUT2D eigenvalue weighted by atomic mass is 19.4. The number of para-hydroxylation sites is 1. The Hall–Kier alpha value is -4.13. The lowest BCUT2D eigenvalue weighted by molar-refractivity contribution is -0.141. The molecule has 0 aliphatic carbocycles. The van der Waals surface area contributed by atoms with Crippen LogP contribution in [0.5, 0.6) is 0 Å². The topological polar surface area (TPSA) is 99.4 Å². The Morgan fingerprint density at radius 3 is 2.57 bits per heavy atom. The van der Waals surface area contributed by atoms with Crippen molar-refractivity contribution >= 4 is 16.7 Å². The molecule has 2 N–H and O–H groups in total. The van der Waals surface area contributed by atoms with E-state index in [-0.39, 0.29) is 28.8 Å². The maximum atomic E-state index is 13.3. The lowest BCUT2D eigenvalue weighted by Gasteiger charge is -2.17. The number of alkyl halides is 3. The largest absolute Gasteiger partial charge is 0.433 e. The van der Waals surface area contributed by atoms with Crippen molar-refractivity contribution < 1.29 is 13.2 Å². The van der Waals surface area contributed by atoms with Gasteiger partial charge in [-0.25, -0.2) is 9.97 Å². The van der Waals surface area contributed by atoms with Gasteiger partial charge in [-0.1, -0.05) is 18.2 Å². The first-order valence-corrected chi connectivity index (χ1v) is 8.73. The van der Waals surface area contributed by atoms with Crippen molar-refractivity contribution in [3.63, 3.8) is 0 Å². The third kappa shape index (κ3) is 3.37. The molecule has 3 aromatic heterocycles. The first kappa shape index (κ1) is 19.2. The number of H-pyrrole nitrogens is 1. The second-order valence-electron chi connectivity index (χ2n) is 6.33. The van der Waals surface area contributed by atoms with Crippen LogP contribution >= 0.6 is 0 Å². The second-order valence-corrected chi connectivity index (χ2v) is 6.33. The van der Waals surface area contributed by atoms with Crippen LogP contribution in [0, 0.1) is 11.3 Å². The van der Waals surface area contributed by atoms with Crippen molar-refractivity contribution in [1.29, 1.82) is 5.26 Å². The first-order valence-electron chi connectivity index (χ1n) is 8.73. The molecular weight excluding hydrogens is 397 g/mol. The molecule has 30 heavy (non-hydrogen) atoms. The summed E-state index contributed by atoms with van der Waals surface area (Å²) < 4.78 is 40.9. The number of imidazole rings is 1. The predicted molar refractivity (Wildman–Crippen MR) is 103 cm³/mol. The van der Waals surface area contributed by atoms with E-state index in [1.54, 1.807) is 36.5 Å². The van der Waals surface area contributed by atoms with Crippen molar-refractivity contribution in [2.45, 2.75) is 12.7 Å². The molecule has 4 rings (SSSR count). The van der Waals surface area contributed by atoms with Crippen molar-refractivity contribution in [3.8, 4) is 11.8 Å². The number of aromatic amines is 1. The Balaban J connectivity index is 2.02. The molecule has 0 saturated heterocycles. The first-order chi connectivity index (χ1) is 14.4. The lowest BCUT2D eigenvalue weighted by Crippen LogP contribution is -2.25. The van der Waals surface area contributed by atoms with Gasteiger partial charge >= 0.3 is 6.18 Å². The van der Waals surface area contributed by atoms with Gasteiger partial charge in [0, 0.05) is 11.6 Å². The summed E-state index contributed by atoms with van der Waals surface area (Å²) in [5, 5.41) is 12.8. The van der Waals surface area contributed by atoms with Crippen molar-refractivity contribution in [1.82, 2.24) is 19.5 Å². The summed E-state index contributed by atoms with van der Waals surface area (Å²) in [7, 11) is 0. The monoisotopic (exact) mass is 410 g/mol. The number of hydrogen-bond donors (Lipinski definition) is 2. The Morgan fingerprint density at radius 2 is 1.93 bits per heavy atom. The normalized spacial score (nSPS) is 11.4. The average Bonchev–Trinajstić information content (AvgIpc) is 3.25. The quantitative estimate of drug-likeness (QED) is 0.536. The molecule has 4 aromatic rings. The van der Waals surface area contributed by atoms with E-state index in [9.17, 15) is 23.2 Å². The summed E-state index contributed by atoms with van der Waals surface area (Å²) in [5.74, 6) is 0. The molecule has 0 fully saturated rings. The number of halogens is 3. The van der Waals surface area contributed by atoms with Gasteiger partial charge in [0.2, 0.25) is 0 Å². The van der Waals surface area contributed by atoms with Gasteiger partial charge in [0.1, 0.15) is 23.0 Å². The molecule has 1 aromatic carbocycles. The molecule has 0 saturated carbocycles. The van der Waals surface area contributed by atoms with Crippen LogP contribution in [0.25, 0.3) is 16.7 Å². The number of benzene rings is 1. The van der Waals surface area contributed by atoms with Crippen molar-refractivity contribution in [3.05, 3.63) is 82.3 Å². The zero-order chi connectivity index (χ0) is 21.3. The number of pyridine rings is 2. The van der Waals surface area contributed by atoms with Gasteiger partial charge in [0.05, 0.1) is 29.9 Å². The molecule has 0 radical (unpaired) electrons. The van der Waals surface area contributed by atoms with E-state index in [4.69, 9.17) is 0 Å². The maximum Gasteiger partial charge on any atom is 0.433 e. The number of anilines is 1. The van der Waals surface area contributed by atoms with E-state index in [0.717, 1.165) is 10.6 Å². The third-order valence-electron chi connectivity index (χ3n) is 4.45. The molecule has 7 nitrogen and oxygen atoms in total. The number of nitrogens with one attached hydrogen (secondary N) is 2. The minimum atomic E-state index is -4.69. The highest BCUT2D eigenvalue weighted by Crippen LogP contribution is 2.32. The number of hydrogen-bond acceptors (Lipinski definition) is 5. The smallest absolute Gasteiger partial charge is 0.378 e. The Bertz CT molecular complexity index is 1310. The minimum absolute atomic E-state index is 0.112. The van der Waals surface area contributed by atoms with Gasteiger partial charge in [0.15, 0.2) is 0 Å². The molecule has 0 amide bonds. The summed E-state index contributed by atoms with van der Waals surface area (Å²) in [6, 6.07) is 12.0. The Labute approximate surface area is 167 Å². The van der Waals surface area contributed by atoms with E-state index < -0.39 is 17.4 Å². The highest BCUT2D eigenvalue weighted by Gasteiger charge is 2.33. The number of nitrogens with zero attached hydrogens (tertiary/aromatic N) is 4. The summed E-state index contributed by atoms with van der Waals surface area (Å²) in [4.78, 5) is 23.6. The average molecular weight is 410 g/mol. The summed E-state index contributed by atoms with van der Waals surface area (Å²) in [6.07, 6.45) is -1.68. The molecule has 0 aliphatic rings. The van der Waals surface area contributed by atoms with Crippen molar-refractivity contribution in [2.24, 2.45) is 0 Å². The van der Waals surface area contributed by atoms with Crippen LogP contribution in [0.15, 0.2) is 59.8 Å². The van der Waals surface area contributed by atoms with Gasteiger partial charge < -0.3 is 10.3 Å². The predicted octanol–water partition coefficient (Wildman–Crippen LogP) is 3.61. The SMILES string of the molecule is N#Cc1c(NCc2cnc[nH]2)c2ccc(C(F)(F)F)nc2n(-c2ccccc2)c1=O. The van der Waals surface area contributed by atoms with Crippen LogP contribution in [0.2, 0.25) is 0 Å². The molecule has 0 atom stereocenters. The fourth-order valence-corrected chi connectivity index (χ4v) is 3.09. The van der Waals surface area contributed by atoms with E-state index >= 15 is 0 Å². The molecule has 0 spiro atoms. The molecule has 0 aliphatic heterocycles. The minimum Gasteiger partial charge on any atom is -0.378 e. The fourth-order valence-electron chi connectivity index (χ4n) is 3.09. The van der Waals surface area contributed by atoms with Crippen LogP contribution in [0.3, 0.4) is 0 Å². The second kappa shape index (κ2) is 7.36. The fraction of sp³-hybridized carbons (Fsp3) is 0.100. The molecule has 3 heterocycles. The zero-order valence-electron chi connectivity index (χ0n) is 15.2. The number of rotatable bonds is 4. The number of nitriles is 1. The molecular formula is C20H13F3N6O. The van der Waals surface area contributed by atoms with E-state index in [1.165, 1.54) is 12.4 Å². The summed E-state index contributed by atoms with van der Waals surface area (Å²) in [5.41, 5.74) is -1.26. The Morgan fingerprint density at radius 1 is 1.17 bits per heavy atom. The third-order valence-corrected chi connectivity index (χ3v) is 4.45. The summed E-state index contributed by atoms with van der Waals surface area (Å²) >= 11 is 0. The molecule has 150 valence electrons. The lowest BCUT2D eigenvalue weighted by atomic mass is 10.1. The van der Waals surface area contributed by atoms with Crippen molar-refractivity contribution in [2.75, 3.05) is 5.32 Å². The number of fused-ring (bicyclic) bond motifs is 1. The van der Waals surface area contributed by atoms with E-state index in [0.29, 0.717) is 11.4 Å². The number of aromatic nitrogens is 4. The molecule has 10 heteroatoms. The van der Waals surface area contributed by atoms with Gasteiger partial charge in [-0.3, -0.25) is 9.36 Å². The standard InChI is InChI=1S/C20H13F3N6O/c21-20(22,23)16-7-6-14-17(26-10-12-9-25-11-27-12)15(8-24)19(30)29(18(14)28-16)13-4-2-1-3-5-13/h1-7,9,11,26H,10H2,(H,25,27). The zero-order valence-corrected chi connectivity index (χ0v) is 15.2. The van der Waals surface area contributed by atoms with Crippen LogP contribution in [0.1, 0.15) is 17.0 Å². The maximum absolute atomic E-state index is 13.3. The van der Waals surface area contributed by atoms with Crippen LogP contribution in [-0.2, 0) is 12.7 Å².